The molecule has 1 amide bonds. The fraction of sp³-hybridized carbons (Fsp3) is 0.100. The molecule has 6 nitrogen and oxygen atoms in total. The highest BCUT2D eigenvalue weighted by atomic mass is 35.5. The predicted molar refractivity (Wildman–Crippen MR) is 116 cm³/mol. The van der Waals surface area contributed by atoms with E-state index < -0.39 is 22.5 Å². The first-order chi connectivity index (χ1) is 13.8. The molecule has 0 aliphatic carbocycles. The van der Waals surface area contributed by atoms with Crippen molar-refractivity contribution in [2.75, 3.05) is 13.6 Å². The normalized spacial score (nSPS) is 12.0. The Hall–Kier alpha value is -2.45. The van der Waals surface area contributed by atoms with Gasteiger partial charge in [-0.25, -0.2) is 13.8 Å². The van der Waals surface area contributed by atoms with Gasteiger partial charge in [0.25, 0.3) is 5.91 Å². The van der Waals surface area contributed by atoms with E-state index in [0.29, 0.717) is 15.6 Å². The number of nitrogens with zero attached hydrogens (tertiary/aromatic N) is 2. The lowest BCUT2D eigenvalue weighted by Gasteiger charge is -2.16. The van der Waals surface area contributed by atoms with Crippen molar-refractivity contribution < 1.29 is 13.2 Å². The van der Waals surface area contributed by atoms with Gasteiger partial charge in [-0.1, -0.05) is 59.6 Å². The molecule has 0 aliphatic rings. The van der Waals surface area contributed by atoms with Crippen LogP contribution in [0.4, 0.5) is 0 Å². The van der Waals surface area contributed by atoms with E-state index in [1.54, 1.807) is 30.3 Å². The average Bonchev–Trinajstić information content (AvgIpc) is 2.69. The lowest BCUT2D eigenvalue weighted by molar-refractivity contribution is -0.121. The van der Waals surface area contributed by atoms with Crippen LogP contribution in [-0.4, -0.2) is 38.4 Å². The fourth-order valence-corrected chi connectivity index (χ4v) is 4.29. The third-order valence-corrected chi connectivity index (χ3v) is 6.64. The Balaban J connectivity index is 1.68. The van der Waals surface area contributed by atoms with Crippen molar-refractivity contribution in [3.05, 3.63) is 76.3 Å². The minimum Gasteiger partial charge on any atom is -0.272 e. The van der Waals surface area contributed by atoms with Crippen molar-refractivity contribution in [1.82, 2.24) is 9.73 Å². The molecule has 0 aromatic heterocycles. The number of nitrogens with one attached hydrogen (secondary N) is 1. The first-order valence-corrected chi connectivity index (χ1v) is 10.7. The van der Waals surface area contributed by atoms with Crippen LogP contribution >= 0.6 is 23.2 Å². The van der Waals surface area contributed by atoms with Crippen LogP contribution in [0.2, 0.25) is 10.0 Å². The molecule has 0 heterocycles. The van der Waals surface area contributed by atoms with E-state index in [1.807, 2.05) is 24.3 Å². The van der Waals surface area contributed by atoms with Crippen molar-refractivity contribution >= 4 is 56.1 Å². The van der Waals surface area contributed by atoms with E-state index in [4.69, 9.17) is 23.2 Å². The molecule has 1 N–H and O–H groups in total. The summed E-state index contributed by atoms with van der Waals surface area (Å²) in [6.45, 7) is -0.400. The van der Waals surface area contributed by atoms with Gasteiger partial charge in [-0.3, -0.25) is 4.79 Å². The summed E-state index contributed by atoms with van der Waals surface area (Å²) in [7, 11) is -2.51. The molecular weight excluding hydrogens is 433 g/mol. The molecule has 0 saturated heterocycles. The number of halogens is 2. The maximum absolute atomic E-state index is 12.8. The smallest absolute Gasteiger partial charge is 0.255 e. The van der Waals surface area contributed by atoms with Crippen LogP contribution in [-0.2, 0) is 14.8 Å². The number of likely N-dealkylation sites (N-methyl/N-ethyl adjacent to an activating group) is 1. The number of benzene rings is 3. The van der Waals surface area contributed by atoms with E-state index in [2.05, 4.69) is 10.5 Å². The van der Waals surface area contributed by atoms with Gasteiger partial charge in [0.05, 0.1) is 27.7 Å². The third-order valence-electron chi connectivity index (χ3n) is 4.18. The molecule has 0 saturated carbocycles. The van der Waals surface area contributed by atoms with E-state index in [9.17, 15) is 13.2 Å². The predicted octanol–water partition coefficient (Wildman–Crippen LogP) is 3.92. The van der Waals surface area contributed by atoms with E-state index >= 15 is 0 Å². The summed E-state index contributed by atoms with van der Waals surface area (Å²) in [5, 5.41) is 6.29. The number of hydrazone groups is 1. The van der Waals surface area contributed by atoms with Crippen LogP contribution in [0.3, 0.4) is 0 Å². The van der Waals surface area contributed by atoms with Gasteiger partial charge in [0.2, 0.25) is 10.0 Å². The van der Waals surface area contributed by atoms with Gasteiger partial charge in [-0.05, 0) is 35.0 Å². The zero-order valence-corrected chi connectivity index (χ0v) is 17.7. The zero-order valence-electron chi connectivity index (χ0n) is 15.3. The highest BCUT2D eigenvalue weighted by molar-refractivity contribution is 7.89. The van der Waals surface area contributed by atoms with Crippen molar-refractivity contribution in [3.63, 3.8) is 0 Å². The Kier molecular flexibility index (Phi) is 6.54. The Morgan fingerprint density at radius 3 is 2.38 bits per heavy atom. The van der Waals surface area contributed by atoms with Gasteiger partial charge in [-0.2, -0.15) is 9.41 Å². The summed E-state index contributed by atoms with van der Waals surface area (Å²) in [5.41, 5.74) is 2.73. The highest BCUT2D eigenvalue weighted by Gasteiger charge is 2.23. The second-order valence-electron chi connectivity index (χ2n) is 6.20. The summed E-state index contributed by atoms with van der Waals surface area (Å²) in [4.78, 5) is 12.2. The quantitative estimate of drug-likeness (QED) is 0.457. The molecule has 29 heavy (non-hydrogen) atoms. The Bertz CT molecular complexity index is 1180. The summed E-state index contributed by atoms with van der Waals surface area (Å²) in [6.07, 6.45) is 1.31. The van der Waals surface area contributed by atoms with Crippen LogP contribution < -0.4 is 5.43 Å². The van der Waals surface area contributed by atoms with E-state index in [-0.39, 0.29) is 4.90 Å². The first-order valence-electron chi connectivity index (χ1n) is 8.50. The monoisotopic (exact) mass is 449 g/mol. The number of carbonyl (C=O) groups excluding carboxylic acids is 1. The summed E-state index contributed by atoms with van der Waals surface area (Å²) >= 11 is 12.0. The standard InChI is InChI=1S/C20H17Cl2N3O3S/c1-25(13-20(26)24-23-12-17-18(21)7-4-8-19(17)22)29(27,28)16-10-9-14-5-2-3-6-15(14)11-16/h2-12H,13H2,1H3,(H,24,26)/b23-12+. The Morgan fingerprint density at radius 2 is 1.69 bits per heavy atom. The van der Waals surface area contributed by atoms with Crippen LogP contribution in [0.1, 0.15) is 5.56 Å². The van der Waals surface area contributed by atoms with Crippen molar-refractivity contribution in [3.8, 4) is 0 Å². The maximum Gasteiger partial charge on any atom is 0.255 e. The molecule has 0 atom stereocenters. The van der Waals surface area contributed by atoms with Gasteiger partial charge in [-0.15, -0.1) is 0 Å². The number of fused-ring (bicyclic) bond motifs is 1. The molecule has 0 unspecified atom stereocenters. The Morgan fingerprint density at radius 1 is 1.03 bits per heavy atom. The molecule has 3 aromatic rings. The number of carbonyl (C=O) groups is 1. The van der Waals surface area contributed by atoms with Crippen LogP contribution in [0.15, 0.2) is 70.7 Å². The SMILES string of the molecule is CN(CC(=O)N/N=C/c1c(Cl)cccc1Cl)S(=O)(=O)c1ccc2ccccc2c1. The van der Waals surface area contributed by atoms with Crippen molar-refractivity contribution in [2.24, 2.45) is 5.10 Å². The molecule has 150 valence electrons. The number of amides is 1. The first kappa shape index (κ1) is 21.3. The van der Waals surface area contributed by atoms with E-state index in [1.165, 1.54) is 19.3 Å². The van der Waals surface area contributed by atoms with Gasteiger partial charge in [0.1, 0.15) is 0 Å². The lowest BCUT2D eigenvalue weighted by Crippen LogP contribution is -2.36. The molecule has 0 radical (unpaired) electrons. The third kappa shape index (κ3) is 4.94. The maximum atomic E-state index is 12.8. The number of hydrogen-bond donors (Lipinski definition) is 1. The largest absolute Gasteiger partial charge is 0.272 e. The molecule has 9 heteroatoms. The zero-order chi connectivity index (χ0) is 21.0. The highest BCUT2D eigenvalue weighted by Crippen LogP contribution is 2.22. The molecule has 0 bridgehead atoms. The molecule has 0 aliphatic heterocycles. The van der Waals surface area contributed by atoms with Crippen LogP contribution in [0, 0.1) is 0 Å². The van der Waals surface area contributed by atoms with Crippen LogP contribution in [0.5, 0.6) is 0 Å². The molecule has 3 rings (SSSR count). The van der Waals surface area contributed by atoms with Gasteiger partial charge in [0, 0.05) is 12.6 Å². The number of hydrogen-bond acceptors (Lipinski definition) is 4. The minimum absolute atomic E-state index is 0.109. The van der Waals surface area contributed by atoms with Gasteiger partial charge in [0.15, 0.2) is 0 Å². The summed E-state index contributed by atoms with van der Waals surface area (Å²) in [6, 6.07) is 17.2. The Labute approximate surface area is 178 Å². The second-order valence-corrected chi connectivity index (χ2v) is 9.06. The summed E-state index contributed by atoms with van der Waals surface area (Å²) in [5.74, 6) is -0.601. The molecule has 0 spiro atoms. The van der Waals surface area contributed by atoms with Gasteiger partial charge < -0.3 is 0 Å². The van der Waals surface area contributed by atoms with Crippen molar-refractivity contribution in [2.45, 2.75) is 4.90 Å². The minimum atomic E-state index is -3.84. The van der Waals surface area contributed by atoms with Gasteiger partial charge >= 0.3 is 0 Å². The van der Waals surface area contributed by atoms with Crippen molar-refractivity contribution in [1.29, 1.82) is 0 Å². The summed E-state index contributed by atoms with van der Waals surface area (Å²) < 4.78 is 26.5. The second kappa shape index (κ2) is 8.92. The van der Waals surface area contributed by atoms with Crippen LogP contribution in [0.25, 0.3) is 10.8 Å². The number of sulfonamides is 1. The molecular formula is C20H17Cl2N3O3S. The molecule has 3 aromatic carbocycles. The topological polar surface area (TPSA) is 78.8 Å². The molecule has 0 fully saturated rings. The van der Waals surface area contributed by atoms with E-state index in [0.717, 1.165) is 15.1 Å². The average molecular weight is 450 g/mol. The number of rotatable bonds is 6. The fourth-order valence-electron chi connectivity index (χ4n) is 2.63. The lowest BCUT2D eigenvalue weighted by atomic mass is 10.1.